The average molecular weight is 310 g/mol. The summed E-state index contributed by atoms with van der Waals surface area (Å²) in [6, 6.07) is 16.0. The number of amides is 1. The van der Waals surface area contributed by atoms with E-state index in [4.69, 9.17) is 4.74 Å². The molecular formula is C19H22N2O2. The van der Waals surface area contributed by atoms with Crippen molar-refractivity contribution < 1.29 is 9.53 Å². The van der Waals surface area contributed by atoms with Crippen molar-refractivity contribution in [2.24, 2.45) is 0 Å². The van der Waals surface area contributed by atoms with Gasteiger partial charge in [0.2, 0.25) is 5.91 Å². The van der Waals surface area contributed by atoms with Crippen LogP contribution in [0.5, 0.6) is 11.5 Å². The van der Waals surface area contributed by atoms with Crippen LogP contribution in [0, 0.1) is 0 Å². The van der Waals surface area contributed by atoms with Gasteiger partial charge in [0.25, 0.3) is 0 Å². The summed E-state index contributed by atoms with van der Waals surface area (Å²) < 4.78 is 5.85. The number of rotatable bonds is 5. The zero-order valence-electron chi connectivity index (χ0n) is 13.3. The van der Waals surface area contributed by atoms with Gasteiger partial charge in [-0.3, -0.25) is 4.79 Å². The predicted molar refractivity (Wildman–Crippen MR) is 93.1 cm³/mol. The van der Waals surface area contributed by atoms with Crippen molar-refractivity contribution in [3.05, 3.63) is 48.5 Å². The van der Waals surface area contributed by atoms with Crippen LogP contribution < -0.4 is 15.4 Å². The van der Waals surface area contributed by atoms with Crippen LogP contribution >= 0.6 is 0 Å². The molecule has 0 radical (unpaired) electrons. The van der Waals surface area contributed by atoms with Gasteiger partial charge >= 0.3 is 0 Å². The molecule has 3 rings (SSSR count). The molecule has 1 aliphatic carbocycles. The zero-order chi connectivity index (χ0) is 16.1. The fourth-order valence-corrected chi connectivity index (χ4v) is 2.90. The lowest BCUT2D eigenvalue weighted by Gasteiger charge is -2.14. The Hall–Kier alpha value is -2.49. The molecule has 0 saturated heterocycles. The van der Waals surface area contributed by atoms with Crippen LogP contribution in [0.25, 0.3) is 0 Å². The first-order valence-electron chi connectivity index (χ1n) is 8.11. The van der Waals surface area contributed by atoms with E-state index in [2.05, 4.69) is 10.6 Å². The average Bonchev–Trinajstić information content (AvgIpc) is 3.02. The van der Waals surface area contributed by atoms with Gasteiger partial charge in [0.05, 0.1) is 0 Å². The zero-order valence-corrected chi connectivity index (χ0v) is 13.3. The van der Waals surface area contributed by atoms with E-state index in [9.17, 15) is 4.79 Å². The first kappa shape index (κ1) is 15.4. The lowest BCUT2D eigenvalue weighted by atomic mass is 10.2. The standard InChI is InChI=1S/C19H22N2O2/c1-14(22)20-17-7-4-8-19(13-17)23-18-11-9-16(10-12-18)21-15-5-2-3-6-15/h4,7-13,15,21H,2-3,5-6H2,1H3,(H,20,22). The van der Waals surface area contributed by atoms with E-state index < -0.39 is 0 Å². The van der Waals surface area contributed by atoms with Crippen LogP contribution in [0.2, 0.25) is 0 Å². The maximum absolute atomic E-state index is 11.1. The highest BCUT2D eigenvalue weighted by molar-refractivity contribution is 5.88. The van der Waals surface area contributed by atoms with E-state index in [1.807, 2.05) is 48.5 Å². The molecule has 4 nitrogen and oxygen atoms in total. The Bertz CT molecular complexity index is 661. The number of carbonyl (C=O) groups is 1. The highest BCUT2D eigenvalue weighted by Crippen LogP contribution is 2.27. The third-order valence-corrected chi connectivity index (χ3v) is 3.97. The minimum Gasteiger partial charge on any atom is -0.457 e. The van der Waals surface area contributed by atoms with Gasteiger partial charge in [0.15, 0.2) is 0 Å². The van der Waals surface area contributed by atoms with Gasteiger partial charge in [-0.15, -0.1) is 0 Å². The van der Waals surface area contributed by atoms with Crippen molar-refractivity contribution in [2.75, 3.05) is 10.6 Å². The first-order chi connectivity index (χ1) is 11.2. The number of ether oxygens (including phenoxy) is 1. The van der Waals surface area contributed by atoms with Crippen LogP contribution in [-0.4, -0.2) is 11.9 Å². The molecule has 2 aromatic rings. The van der Waals surface area contributed by atoms with Crippen LogP contribution in [-0.2, 0) is 4.79 Å². The third kappa shape index (κ3) is 4.49. The van der Waals surface area contributed by atoms with Crippen LogP contribution in [0.15, 0.2) is 48.5 Å². The van der Waals surface area contributed by atoms with E-state index in [1.165, 1.54) is 32.6 Å². The lowest BCUT2D eigenvalue weighted by molar-refractivity contribution is -0.114. The van der Waals surface area contributed by atoms with Gasteiger partial charge < -0.3 is 15.4 Å². The van der Waals surface area contributed by atoms with E-state index >= 15 is 0 Å². The second-order valence-corrected chi connectivity index (χ2v) is 5.96. The Kier molecular flexibility index (Phi) is 4.81. The van der Waals surface area contributed by atoms with Crippen molar-refractivity contribution in [2.45, 2.75) is 38.6 Å². The van der Waals surface area contributed by atoms with Crippen LogP contribution in [0.1, 0.15) is 32.6 Å². The largest absolute Gasteiger partial charge is 0.457 e. The molecule has 0 spiro atoms. The van der Waals surface area contributed by atoms with Gasteiger partial charge in [-0.05, 0) is 49.2 Å². The summed E-state index contributed by atoms with van der Waals surface area (Å²) in [5.74, 6) is 1.39. The van der Waals surface area contributed by atoms with E-state index in [1.54, 1.807) is 0 Å². The summed E-state index contributed by atoms with van der Waals surface area (Å²) in [4.78, 5) is 11.1. The molecule has 2 N–H and O–H groups in total. The summed E-state index contributed by atoms with van der Waals surface area (Å²) in [7, 11) is 0. The van der Waals surface area contributed by atoms with E-state index in [-0.39, 0.29) is 5.91 Å². The summed E-state index contributed by atoms with van der Waals surface area (Å²) in [6.45, 7) is 1.49. The molecular weight excluding hydrogens is 288 g/mol. The topological polar surface area (TPSA) is 50.4 Å². The highest BCUT2D eigenvalue weighted by atomic mass is 16.5. The number of anilines is 2. The summed E-state index contributed by atoms with van der Waals surface area (Å²) >= 11 is 0. The van der Waals surface area contributed by atoms with Crippen LogP contribution in [0.4, 0.5) is 11.4 Å². The fourth-order valence-electron chi connectivity index (χ4n) is 2.90. The van der Waals surface area contributed by atoms with Gasteiger partial charge in [0.1, 0.15) is 11.5 Å². The van der Waals surface area contributed by atoms with Crippen molar-refractivity contribution in [3.8, 4) is 11.5 Å². The highest BCUT2D eigenvalue weighted by Gasteiger charge is 2.14. The molecule has 0 unspecified atom stereocenters. The predicted octanol–water partition coefficient (Wildman–Crippen LogP) is 4.79. The molecule has 0 aromatic heterocycles. The maximum Gasteiger partial charge on any atom is 0.221 e. The minimum absolute atomic E-state index is 0.0931. The molecule has 2 aromatic carbocycles. The molecule has 120 valence electrons. The van der Waals surface area contributed by atoms with Gasteiger partial charge in [-0.25, -0.2) is 0 Å². The Balaban J connectivity index is 1.62. The molecule has 1 fully saturated rings. The molecule has 23 heavy (non-hydrogen) atoms. The molecule has 1 aliphatic rings. The molecule has 0 aliphatic heterocycles. The second-order valence-electron chi connectivity index (χ2n) is 5.96. The van der Waals surface area contributed by atoms with Crippen molar-refractivity contribution >= 4 is 17.3 Å². The summed E-state index contributed by atoms with van der Waals surface area (Å²) in [6.07, 6.45) is 5.16. The van der Waals surface area contributed by atoms with Gasteiger partial charge in [-0.2, -0.15) is 0 Å². The molecule has 1 amide bonds. The van der Waals surface area contributed by atoms with Crippen molar-refractivity contribution in [1.29, 1.82) is 0 Å². The Morgan fingerprint density at radius 3 is 2.43 bits per heavy atom. The Morgan fingerprint density at radius 1 is 1.00 bits per heavy atom. The minimum atomic E-state index is -0.0931. The van der Waals surface area contributed by atoms with E-state index in [0.717, 1.165) is 17.1 Å². The first-order valence-corrected chi connectivity index (χ1v) is 8.11. The summed E-state index contributed by atoms with van der Waals surface area (Å²) in [5, 5.41) is 6.31. The smallest absolute Gasteiger partial charge is 0.221 e. The third-order valence-electron chi connectivity index (χ3n) is 3.97. The van der Waals surface area contributed by atoms with Gasteiger partial charge in [0, 0.05) is 30.4 Å². The molecule has 4 heteroatoms. The number of hydrogen-bond donors (Lipinski definition) is 2. The second kappa shape index (κ2) is 7.18. The molecule has 0 atom stereocenters. The summed E-state index contributed by atoms with van der Waals surface area (Å²) in [5.41, 5.74) is 1.87. The van der Waals surface area contributed by atoms with Crippen LogP contribution in [0.3, 0.4) is 0 Å². The van der Waals surface area contributed by atoms with Gasteiger partial charge in [-0.1, -0.05) is 18.9 Å². The normalized spacial score (nSPS) is 14.5. The van der Waals surface area contributed by atoms with Crippen molar-refractivity contribution in [3.63, 3.8) is 0 Å². The fraction of sp³-hybridized carbons (Fsp3) is 0.316. The number of nitrogens with one attached hydrogen (secondary N) is 2. The number of benzene rings is 2. The number of hydrogen-bond acceptors (Lipinski definition) is 3. The number of carbonyl (C=O) groups excluding carboxylic acids is 1. The quantitative estimate of drug-likeness (QED) is 0.834. The lowest BCUT2D eigenvalue weighted by Crippen LogP contribution is -2.14. The Morgan fingerprint density at radius 2 is 1.74 bits per heavy atom. The Labute approximate surface area is 136 Å². The van der Waals surface area contributed by atoms with Crippen molar-refractivity contribution in [1.82, 2.24) is 0 Å². The van der Waals surface area contributed by atoms with E-state index in [0.29, 0.717) is 11.8 Å². The SMILES string of the molecule is CC(=O)Nc1cccc(Oc2ccc(NC3CCCC3)cc2)c1. The monoisotopic (exact) mass is 310 g/mol. The molecule has 1 saturated carbocycles. The molecule has 0 bridgehead atoms. The maximum atomic E-state index is 11.1. The molecule has 0 heterocycles.